The maximum absolute atomic E-state index is 12.3. The van der Waals surface area contributed by atoms with E-state index in [1.165, 1.54) is 6.07 Å². The predicted molar refractivity (Wildman–Crippen MR) is 59.3 cm³/mol. The molecule has 0 aliphatic carbocycles. The lowest BCUT2D eigenvalue weighted by Crippen LogP contribution is -2.00. The maximum Gasteiger partial charge on any atom is 0.280 e. The third-order valence-corrected chi connectivity index (χ3v) is 3.08. The Balaban J connectivity index is 3.33. The van der Waals surface area contributed by atoms with Crippen LogP contribution in [0.5, 0.6) is 0 Å². The highest BCUT2D eigenvalue weighted by atomic mass is 127. The first-order valence-corrected chi connectivity index (χ1v) is 5.73. The van der Waals surface area contributed by atoms with E-state index in [1.807, 2.05) is 22.6 Å². The molecule has 14 heavy (non-hydrogen) atoms. The molecular weight excluding hydrogens is 369 g/mol. The highest BCUT2D eigenvalue weighted by Gasteiger charge is 2.15. The van der Waals surface area contributed by atoms with Crippen LogP contribution in [0.3, 0.4) is 0 Å². The maximum atomic E-state index is 12.3. The normalized spacial score (nSPS) is 10.3. The number of rotatable bonds is 2. The summed E-state index contributed by atoms with van der Waals surface area (Å²) >= 11 is 5.09. The minimum absolute atomic E-state index is 0.0593. The summed E-state index contributed by atoms with van der Waals surface area (Å²) in [6, 6.07) is 3.10. The number of alkyl halides is 3. The lowest BCUT2D eigenvalue weighted by Gasteiger charge is -2.05. The summed E-state index contributed by atoms with van der Waals surface area (Å²) in [6.45, 7) is 0. The molecule has 1 heterocycles. The average molecular weight is 373 g/mol. The molecule has 74 valence electrons. The fraction of sp³-hybridized carbons (Fsp3) is 0.250. The van der Waals surface area contributed by atoms with Crippen molar-refractivity contribution in [2.45, 2.75) is 11.8 Å². The topological polar surface area (TPSA) is 36.7 Å². The van der Waals surface area contributed by atoms with Crippen molar-refractivity contribution in [2.75, 3.05) is 0 Å². The first kappa shape index (κ1) is 11.8. The minimum Gasteiger partial charge on any atom is -0.236 e. The van der Waals surface area contributed by atoms with Gasteiger partial charge in [-0.15, -0.1) is 0 Å². The molecule has 2 nitrogen and oxygen atoms in total. The Morgan fingerprint density at radius 3 is 2.71 bits per heavy atom. The van der Waals surface area contributed by atoms with Gasteiger partial charge in [0.25, 0.3) is 6.43 Å². The van der Waals surface area contributed by atoms with Crippen molar-refractivity contribution >= 4 is 38.5 Å². The second-order valence-electron chi connectivity index (χ2n) is 2.40. The van der Waals surface area contributed by atoms with Crippen molar-refractivity contribution in [2.24, 2.45) is 0 Å². The summed E-state index contributed by atoms with van der Waals surface area (Å²) in [6.07, 6.45) is -2.64. The number of aromatic nitrogens is 1. The van der Waals surface area contributed by atoms with Crippen LogP contribution >= 0.6 is 38.5 Å². The van der Waals surface area contributed by atoms with Crippen LogP contribution in [-0.4, -0.2) is 4.98 Å². The Morgan fingerprint density at radius 1 is 1.64 bits per heavy atom. The average Bonchev–Trinajstić information content (AvgIpc) is 2.16. The Morgan fingerprint density at radius 2 is 2.29 bits per heavy atom. The van der Waals surface area contributed by atoms with Crippen molar-refractivity contribution in [3.05, 3.63) is 26.6 Å². The molecule has 0 aromatic carbocycles. The van der Waals surface area contributed by atoms with Gasteiger partial charge in [0.05, 0.1) is 0 Å². The van der Waals surface area contributed by atoms with Gasteiger partial charge in [-0.1, -0.05) is 15.9 Å². The zero-order valence-electron chi connectivity index (χ0n) is 6.77. The number of hydrogen-bond acceptors (Lipinski definition) is 2. The number of pyridine rings is 1. The van der Waals surface area contributed by atoms with E-state index in [9.17, 15) is 8.78 Å². The largest absolute Gasteiger partial charge is 0.280 e. The summed E-state index contributed by atoms with van der Waals surface area (Å²) in [5.74, 6) is 0. The Labute approximate surface area is 102 Å². The first-order chi connectivity index (χ1) is 6.60. The van der Waals surface area contributed by atoms with E-state index in [4.69, 9.17) is 5.26 Å². The van der Waals surface area contributed by atoms with Crippen molar-refractivity contribution in [1.82, 2.24) is 4.98 Å². The van der Waals surface area contributed by atoms with Gasteiger partial charge in [0.2, 0.25) is 0 Å². The van der Waals surface area contributed by atoms with Gasteiger partial charge >= 0.3 is 0 Å². The van der Waals surface area contributed by atoms with Gasteiger partial charge in [-0.05, 0) is 28.7 Å². The Kier molecular flexibility index (Phi) is 4.19. The second kappa shape index (κ2) is 4.98. The molecule has 0 aliphatic heterocycles. The van der Waals surface area contributed by atoms with Gasteiger partial charge in [0.15, 0.2) is 0 Å². The van der Waals surface area contributed by atoms with Crippen LogP contribution in [0.15, 0.2) is 6.07 Å². The zero-order chi connectivity index (χ0) is 10.7. The third kappa shape index (κ3) is 2.39. The van der Waals surface area contributed by atoms with Crippen molar-refractivity contribution in [3.8, 4) is 6.07 Å². The van der Waals surface area contributed by atoms with Crippen LogP contribution in [0, 0.1) is 14.9 Å². The highest BCUT2D eigenvalue weighted by Crippen LogP contribution is 2.24. The molecule has 0 radical (unpaired) electrons. The molecule has 0 saturated carbocycles. The standard InChI is InChI=1S/C8H4BrF2IN2/c9-2-4-5(12)1-6(8(10)11)14-7(4)3-13/h1,8H,2H2. The molecule has 0 unspecified atom stereocenters. The first-order valence-electron chi connectivity index (χ1n) is 3.53. The van der Waals surface area contributed by atoms with Crippen LogP contribution in [0.25, 0.3) is 0 Å². The van der Waals surface area contributed by atoms with Crippen LogP contribution in [0.4, 0.5) is 8.78 Å². The van der Waals surface area contributed by atoms with Gasteiger partial charge in [0, 0.05) is 14.5 Å². The van der Waals surface area contributed by atoms with Crippen LogP contribution in [0.1, 0.15) is 23.4 Å². The van der Waals surface area contributed by atoms with E-state index in [-0.39, 0.29) is 11.4 Å². The quantitative estimate of drug-likeness (QED) is 0.589. The molecule has 1 aromatic heterocycles. The molecule has 0 N–H and O–H groups in total. The highest BCUT2D eigenvalue weighted by molar-refractivity contribution is 14.1. The predicted octanol–water partition coefficient (Wildman–Crippen LogP) is 3.39. The molecule has 6 heteroatoms. The van der Waals surface area contributed by atoms with E-state index >= 15 is 0 Å². The summed E-state index contributed by atoms with van der Waals surface area (Å²) in [7, 11) is 0. The van der Waals surface area contributed by atoms with Crippen LogP contribution < -0.4 is 0 Å². The lowest BCUT2D eigenvalue weighted by molar-refractivity contribution is 0.146. The van der Waals surface area contributed by atoms with E-state index in [1.54, 1.807) is 6.07 Å². The van der Waals surface area contributed by atoms with Crippen LogP contribution in [-0.2, 0) is 5.33 Å². The molecule has 0 amide bonds. The molecular formula is C8H4BrF2IN2. The van der Waals surface area contributed by atoms with Gasteiger partial charge in [-0.25, -0.2) is 13.8 Å². The van der Waals surface area contributed by atoms with Crippen molar-refractivity contribution in [1.29, 1.82) is 5.26 Å². The smallest absolute Gasteiger partial charge is 0.236 e. The molecule has 0 spiro atoms. The molecule has 0 fully saturated rings. The zero-order valence-corrected chi connectivity index (χ0v) is 10.5. The number of hydrogen-bond donors (Lipinski definition) is 0. The molecule has 0 saturated heterocycles. The van der Waals surface area contributed by atoms with Gasteiger partial charge in [0.1, 0.15) is 17.5 Å². The molecule has 0 aliphatic rings. The number of nitriles is 1. The summed E-state index contributed by atoms with van der Waals surface area (Å²) < 4.78 is 25.3. The fourth-order valence-corrected chi connectivity index (χ4v) is 2.75. The van der Waals surface area contributed by atoms with Crippen molar-refractivity contribution < 1.29 is 8.78 Å². The summed E-state index contributed by atoms with van der Waals surface area (Å²) in [5.41, 5.74) is 0.359. The van der Waals surface area contributed by atoms with E-state index in [2.05, 4.69) is 20.9 Å². The second-order valence-corrected chi connectivity index (χ2v) is 4.13. The minimum atomic E-state index is -2.64. The van der Waals surface area contributed by atoms with Crippen molar-refractivity contribution in [3.63, 3.8) is 0 Å². The Bertz CT molecular complexity index is 390. The Hall–Kier alpha value is -0.290. The lowest BCUT2D eigenvalue weighted by atomic mass is 10.2. The number of nitrogens with zero attached hydrogens (tertiary/aromatic N) is 2. The molecule has 1 aromatic rings. The molecule has 0 bridgehead atoms. The van der Waals surface area contributed by atoms with Gasteiger partial charge in [-0.3, -0.25) is 0 Å². The fourth-order valence-electron chi connectivity index (χ4n) is 0.890. The molecule has 0 atom stereocenters. The number of halogens is 4. The van der Waals surface area contributed by atoms with Gasteiger partial charge in [-0.2, -0.15) is 5.26 Å². The van der Waals surface area contributed by atoms with E-state index in [0.29, 0.717) is 14.5 Å². The third-order valence-electron chi connectivity index (χ3n) is 1.55. The SMILES string of the molecule is N#Cc1nc(C(F)F)cc(I)c1CBr. The van der Waals surface area contributed by atoms with E-state index in [0.717, 1.165) is 0 Å². The van der Waals surface area contributed by atoms with E-state index < -0.39 is 6.43 Å². The monoisotopic (exact) mass is 372 g/mol. The van der Waals surface area contributed by atoms with Crippen LogP contribution in [0.2, 0.25) is 0 Å². The summed E-state index contributed by atoms with van der Waals surface area (Å²) in [5, 5.41) is 9.13. The summed E-state index contributed by atoms with van der Waals surface area (Å²) in [4.78, 5) is 3.58. The molecule has 1 rings (SSSR count). The van der Waals surface area contributed by atoms with Gasteiger partial charge < -0.3 is 0 Å².